The van der Waals surface area contributed by atoms with Gasteiger partial charge in [-0.05, 0) is 79.1 Å². The second-order valence-corrected chi connectivity index (χ2v) is 13.6. The van der Waals surface area contributed by atoms with Crippen LogP contribution < -0.4 is 32.8 Å². The number of aromatic nitrogens is 1. The van der Waals surface area contributed by atoms with Gasteiger partial charge in [0.1, 0.15) is 5.75 Å². The van der Waals surface area contributed by atoms with Crippen molar-refractivity contribution in [2.75, 3.05) is 11.9 Å². The van der Waals surface area contributed by atoms with Gasteiger partial charge in [0.05, 0.1) is 5.41 Å². The molecule has 0 aliphatic carbocycles. The lowest BCUT2D eigenvalue weighted by atomic mass is 9.76. The molecule has 8 heteroatoms. The minimum atomic E-state index is -4.94. The van der Waals surface area contributed by atoms with Crippen LogP contribution in [0.25, 0.3) is 45.4 Å². The zero-order chi connectivity index (χ0) is 35.1. The SMILES string of the molecule is CN1c2ccccc2C(C)(C)C12C=Cc1cc(-[n+]3c(-c4ccccc4)cc(-c4ccccc4)cc3-c3ccccc3)ccc1O2.[O-][Cl+3]([O-])([O-])[O-]. The number of para-hydroxylation sites is 1. The molecule has 250 valence electrons. The molecule has 0 saturated carbocycles. The molecule has 0 amide bonds. The van der Waals surface area contributed by atoms with Crippen molar-refractivity contribution in [2.24, 2.45) is 0 Å². The van der Waals surface area contributed by atoms with E-state index in [-0.39, 0.29) is 5.41 Å². The first-order valence-electron chi connectivity index (χ1n) is 16.2. The topological polar surface area (TPSA) is 109 Å². The number of likely N-dealkylation sites (N-methyl/N-ethyl adjacent to an activating group) is 1. The molecule has 6 aromatic rings. The Morgan fingerprint density at radius 2 is 1.10 bits per heavy atom. The van der Waals surface area contributed by atoms with E-state index in [9.17, 15) is 0 Å². The van der Waals surface area contributed by atoms with Gasteiger partial charge in [0.2, 0.25) is 22.8 Å². The van der Waals surface area contributed by atoms with Crippen molar-refractivity contribution < 1.29 is 38.2 Å². The van der Waals surface area contributed by atoms with Gasteiger partial charge in [-0.1, -0.05) is 84.9 Å². The molecule has 0 bridgehead atoms. The number of benzene rings is 5. The summed E-state index contributed by atoms with van der Waals surface area (Å²) in [7, 11) is -2.81. The lowest BCUT2D eigenvalue weighted by Crippen LogP contribution is -2.68. The number of rotatable bonds is 4. The molecule has 1 aromatic heterocycles. The summed E-state index contributed by atoms with van der Waals surface area (Å²) >= 11 is 0. The molecular formula is C42H35ClN2O5. The number of fused-ring (bicyclic) bond motifs is 2. The third kappa shape index (κ3) is 6.07. The fourth-order valence-electron chi connectivity index (χ4n) is 7.22. The molecule has 0 saturated heterocycles. The van der Waals surface area contributed by atoms with Crippen LogP contribution in [0.4, 0.5) is 5.69 Å². The van der Waals surface area contributed by atoms with Crippen molar-refractivity contribution in [1.29, 1.82) is 0 Å². The van der Waals surface area contributed by atoms with Gasteiger partial charge in [0, 0.05) is 53.7 Å². The van der Waals surface area contributed by atoms with Crippen LogP contribution in [0.5, 0.6) is 5.75 Å². The Morgan fingerprint density at radius 1 is 0.600 bits per heavy atom. The summed E-state index contributed by atoms with van der Waals surface area (Å²) in [5, 5.41) is 0. The molecule has 2 aliphatic rings. The highest BCUT2D eigenvalue weighted by atomic mass is 35.7. The Hall–Kier alpha value is -5.28. The highest BCUT2D eigenvalue weighted by Gasteiger charge is 2.57. The molecule has 7 nitrogen and oxygen atoms in total. The largest absolute Gasteiger partial charge is 0.463 e. The summed E-state index contributed by atoms with van der Waals surface area (Å²) in [4.78, 5) is 2.29. The van der Waals surface area contributed by atoms with Crippen LogP contribution in [0.15, 0.2) is 152 Å². The second kappa shape index (κ2) is 12.9. The lowest BCUT2D eigenvalue weighted by Gasteiger charge is -2.45. The van der Waals surface area contributed by atoms with Gasteiger partial charge < -0.3 is 9.64 Å². The van der Waals surface area contributed by atoms with E-state index >= 15 is 0 Å². The van der Waals surface area contributed by atoms with Crippen molar-refractivity contribution in [3.63, 3.8) is 0 Å². The minimum Gasteiger partial charge on any atom is -0.463 e. The van der Waals surface area contributed by atoms with Crippen LogP contribution in [0.3, 0.4) is 0 Å². The van der Waals surface area contributed by atoms with E-state index in [2.05, 4.69) is 188 Å². The third-order valence-corrected chi connectivity index (χ3v) is 9.65. The van der Waals surface area contributed by atoms with Crippen molar-refractivity contribution in [2.45, 2.75) is 25.0 Å². The smallest absolute Gasteiger partial charge is 0.219 e. The van der Waals surface area contributed by atoms with Crippen LogP contribution in [-0.4, -0.2) is 12.8 Å². The molecule has 5 aromatic carbocycles. The molecular weight excluding hydrogens is 648 g/mol. The minimum absolute atomic E-state index is 0.242. The maximum atomic E-state index is 8.49. The number of nitrogens with zero attached hydrogens (tertiary/aromatic N) is 2. The Labute approximate surface area is 294 Å². The highest BCUT2D eigenvalue weighted by molar-refractivity contribution is 5.76. The maximum Gasteiger partial charge on any atom is 0.219 e. The predicted molar refractivity (Wildman–Crippen MR) is 185 cm³/mol. The molecule has 2 aliphatic heterocycles. The van der Waals surface area contributed by atoms with Crippen LogP contribution in [0.2, 0.25) is 0 Å². The van der Waals surface area contributed by atoms with Gasteiger partial charge in [-0.25, -0.2) is 18.6 Å². The molecule has 1 atom stereocenters. The average molecular weight is 683 g/mol. The summed E-state index contributed by atoms with van der Waals surface area (Å²) in [5.41, 5.74) is 10.7. The standard InChI is InChI=1S/C42H35N2O.ClHO4/c1-41(2)36-21-13-14-22-37(36)43(3)42(41)26-25-33-27-35(23-24-40(33)45-42)44-38(31-17-9-5-10-18-31)28-34(30-15-7-4-8-16-30)29-39(44)32-19-11-6-12-20-32;2-1(3,4)5/h4-29H,1-3H3;(H,2,3,4,5)/q+1;/p-1. The van der Waals surface area contributed by atoms with Crippen molar-refractivity contribution in [3.05, 3.63) is 163 Å². The average Bonchev–Trinajstić information content (AvgIpc) is 3.29. The van der Waals surface area contributed by atoms with Gasteiger partial charge in [-0.15, -0.1) is 10.2 Å². The molecule has 0 radical (unpaired) electrons. The first-order valence-corrected chi connectivity index (χ1v) is 17.4. The fraction of sp³-hybridized carbons (Fsp3) is 0.119. The molecule has 8 rings (SSSR count). The second-order valence-electron chi connectivity index (χ2n) is 12.9. The van der Waals surface area contributed by atoms with E-state index < -0.39 is 16.0 Å². The van der Waals surface area contributed by atoms with Gasteiger partial charge in [-0.3, -0.25) is 0 Å². The Morgan fingerprint density at radius 3 is 1.64 bits per heavy atom. The molecule has 1 spiro atoms. The van der Waals surface area contributed by atoms with E-state index in [0.717, 1.165) is 39.5 Å². The van der Waals surface area contributed by atoms with Gasteiger partial charge >= 0.3 is 0 Å². The highest BCUT2D eigenvalue weighted by Crippen LogP contribution is 2.54. The normalized spacial score (nSPS) is 17.0. The first-order chi connectivity index (χ1) is 24.0. The summed E-state index contributed by atoms with van der Waals surface area (Å²) in [5.74, 6) is 0.887. The first kappa shape index (κ1) is 33.2. The monoisotopic (exact) mass is 682 g/mol. The van der Waals surface area contributed by atoms with Crippen LogP contribution in [0.1, 0.15) is 25.0 Å². The lowest BCUT2D eigenvalue weighted by molar-refractivity contribution is -2.00. The Balaban J connectivity index is 0.000000734. The fourth-order valence-corrected chi connectivity index (χ4v) is 7.22. The number of hydrogen-bond donors (Lipinski definition) is 0. The number of anilines is 1. The van der Waals surface area contributed by atoms with Crippen molar-refractivity contribution in [1.82, 2.24) is 0 Å². The van der Waals surface area contributed by atoms with E-state index in [1.807, 2.05) is 0 Å². The van der Waals surface area contributed by atoms with Gasteiger partial charge in [-0.2, -0.15) is 4.57 Å². The van der Waals surface area contributed by atoms with E-state index in [0.29, 0.717) is 0 Å². The van der Waals surface area contributed by atoms with E-state index in [1.165, 1.54) is 22.4 Å². The van der Waals surface area contributed by atoms with E-state index in [1.54, 1.807) is 0 Å². The molecule has 0 N–H and O–H groups in total. The zero-order valence-corrected chi connectivity index (χ0v) is 28.6. The summed E-state index contributed by atoms with van der Waals surface area (Å²) in [6.07, 6.45) is 4.49. The quantitative estimate of drug-likeness (QED) is 0.249. The predicted octanol–water partition coefficient (Wildman–Crippen LogP) is 4.74. The van der Waals surface area contributed by atoms with E-state index in [4.69, 9.17) is 23.4 Å². The van der Waals surface area contributed by atoms with Gasteiger partial charge in [0.25, 0.3) is 0 Å². The van der Waals surface area contributed by atoms with Crippen molar-refractivity contribution >= 4 is 11.8 Å². The molecule has 1 unspecified atom stereocenters. The number of ether oxygens (including phenoxy) is 1. The summed E-state index contributed by atoms with van der Waals surface area (Å²) < 4.78 is 43.4. The molecule has 0 fully saturated rings. The maximum absolute atomic E-state index is 8.49. The zero-order valence-electron chi connectivity index (χ0n) is 27.8. The summed E-state index contributed by atoms with van der Waals surface area (Å²) in [6.45, 7) is 4.56. The molecule has 3 heterocycles. The third-order valence-electron chi connectivity index (χ3n) is 9.65. The van der Waals surface area contributed by atoms with Crippen LogP contribution >= 0.6 is 0 Å². The molecule has 50 heavy (non-hydrogen) atoms. The Bertz CT molecular complexity index is 2120. The van der Waals surface area contributed by atoms with Crippen LogP contribution in [0, 0.1) is 10.2 Å². The summed E-state index contributed by atoms with van der Waals surface area (Å²) in [6, 6.07) is 51.8. The number of halogens is 1. The number of hydrogen-bond acceptors (Lipinski definition) is 6. The number of pyridine rings is 1. The Kier molecular flexibility index (Phi) is 8.56. The van der Waals surface area contributed by atoms with Gasteiger partial charge in [0.15, 0.2) is 0 Å². The van der Waals surface area contributed by atoms with Crippen molar-refractivity contribution in [3.8, 4) is 45.1 Å². The van der Waals surface area contributed by atoms with Crippen LogP contribution in [-0.2, 0) is 5.41 Å².